The van der Waals surface area contributed by atoms with Gasteiger partial charge in [-0.1, -0.05) is 15.9 Å². The summed E-state index contributed by atoms with van der Waals surface area (Å²) in [5.74, 6) is -0.549. The van der Waals surface area contributed by atoms with Gasteiger partial charge in [-0.15, -0.1) is 0 Å². The van der Waals surface area contributed by atoms with E-state index in [2.05, 4.69) is 15.9 Å². The Hall–Kier alpha value is -2.81. The minimum atomic E-state index is -0.670. The van der Waals surface area contributed by atoms with Gasteiger partial charge in [0.05, 0.1) is 26.3 Å². The first-order valence-electron chi connectivity index (χ1n) is 7.78. The number of nitrogens with zero attached hydrogens (tertiary/aromatic N) is 2. The van der Waals surface area contributed by atoms with Gasteiger partial charge in [0, 0.05) is 23.3 Å². The van der Waals surface area contributed by atoms with Crippen molar-refractivity contribution in [2.24, 2.45) is 0 Å². The molecule has 0 bridgehead atoms. The number of methoxy groups -OCH3 is 3. The predicted molar refractivity (Wildman–Crippen MR) is 104 cm³/mol. The number of carbonyl (C=O) groups is 1. The third-order valence-electron chi connectivity index (χ3n) is 4.04. The average Bonchev–Trinajstić information content (AvgIpc) is 2.64. The molecule has 27 heavy (non-hydrogen) atoms. The number of anilines is 1. The summed E-state index contributed by atoms with van der Waals surface area (Å²) < 4.78 is 16.4. The largest absolute Gasteiger partial charge is 0.493 e. The van der Waals surface area contributed by atoms with Gasteiger partial charge in [-0.2, -0.15) is 0 Å². The van der Waals surface area contributed by atoms with Gasteiger partial charge < -0.3 is 19.1 Å². The van der Waals surface area contributed by atoms with Crippen molar-refractivity contribution in [3.8, 4) is 17.2 Å². The molecule has 0 aliphatic rings. The summed E-state index contributed by atoms with van der Waals surface area (Å²) in [6.45, 7) is 1.84. The Morgan fingerprint density at radius 3 is 2.22 bits per heavy atom. The predicted octanol–water partition coefficient (Wildman–Crippen LogP) is 3.97. The minimum Gasteiger partial charge on any atom is -0.493 e. The van der Waals surface area contributed by atoms with Crippen LogP contribution in [0.3, 0.4) is 0 Å². The Morgan fingerprint density at radius 2 is 1.74 bits per heavy atom. The van der Waals surface area contributed by atoms with E-state index in [1.165, 1.54) is 32.3 Å². The van der Waals surface area contributed by atoms with E-state index in [-0.39, 0.29) is 22.8 Å². The number of ether oxygens (including phenoxy) is 3. The topological polar surface area (TPSA) is 91.1 Å². The molecule has 0 aliphatic carbocycles. The first-order chi connectivity index (χ1) is 12.8. The van der Waals surface area contributed by atoms with Crippen molar-refractivity contribution in [2.45, 2.75) is 6.92 Å². The lowest BCUT2D eigenvalue weighted by Gasteiger charge is -2.21. The summed E-state index contributed by atoms with van der Waals surface area (Å²) in [4.78, 5) is 25.5. The maximum Gasteiger partial charge on any atom is 0.327 e. The lowest BCUT2D eigenvalue weighted by molar-refractivity contribution is -0.386. The molecule has 2 aromatic carbocycles. The summed E-state index contributed by atoms with van der Waals surface area (Å²) in [6.07, 6.45) is 0. The van der Waals surface area contributed by atoms with Crippen LogP contribution in [0.1, 0.15) is 15.9 Å². The molecule has 0 saturated heterocycles. The van der Waals surface area contributed by atoms with Gasteiger partial charge in [-0.3, -0.25) is 14.9 Å². The smallest absolute Gasteiger partial charge is 0.327 e. The summed E-state index contributed by atoms with van der Waals surface area (Å²) in [5.41, 5.74) is 0.794. The Morgan fingerprint density at radius 1 is 1.11 bits per heavy atom. The summed E-state index contributed by atoms with van der Waals surface area (Å²) in [7, 11) is 5.52. The van der Waals surface area contributed by atoms with Gasteiger partial charge in [0.25, 0.3) is 5.91 Å². The lowest BCUT2D eigenvalue weighted by Crippen LogP contribution is -2.28. The third-order valence-corrected chi connectivity index (χ3v) is 4.53. The number of carbonyl (C=O) groups excluding carboxylic acids is 1. The molecule has 0 saturated carbocycles. The van der Waals surface area contributed by atoms with Gasteiger partial charge >= 0.3 is 5.69 Å². The van der Waals surface area contributed by atoms with E-state index >= 15 is 0 Å². The van der Waals surface area contributed by atoms with Crippen LogP contribution in [0.25, 0.3) is 0 Å². The molecule has 0 aromatic heterocycles. The molecule has 0 unspecified atom stereocenters. The zero-order valence-electron chi connectivity index (χ0n) is 15.5. The maximum absolute atomic E-state index is 13.1. The number of nitro groups is 1. The lowest BCUT2D eigenvalue weighted by atomic mass is 10.1. The molecule has 0 N–H and O–H groups in total. The van der Waals surface area contributed by atoms with Crippen LogP contribution in [0.15, 0.2) is 28.7 Å². The molecule has 8 nitrogen and oxygen atoms in total. The highest BCUT2D eigenvalue weighted by Crippen LogP contribution is 2.46. The highest BCUT2D eigenvalue weighted by Gasteiger charge is 2.34. The number of benzene rings is 2. The first-order valence-corrected chi connectivity index (χ1v) is 8.57. The normalized spacial score (nSPS) is 10.3. The summed E-state index contributed by atoms with van der Waals surface area (Å²) >= 11 is 3.37. The van der Waals surface area contributed by atoms with Crippen molar-refractivity contribution in [1.29, 1.82) is 0 Å². The maximum atomic E-state index is 13.1. The van der Waals surface area contributed by atoms with Crippen LogP contribution < -0.4 is 19.1 Å². The van der Waals surface area contributed by atoms with E-state index in [9.17, 15) is 14.9 Å². The fraction of sp³-hybridized carbons (Fsp3) is 0.278. The van der Waals surface area contributed by atoms with Crippen molar-refractivity contribution in [3.63, 3.8) is 0 Å². The van der Waals surface area contributed by atoms with Gasteiger partial charge in [0.1, 0.15) is 5.56 Å². The van der Waals surface area contributed by atoms with Crippen LogP contribution in [0, 0.1) is 17.0 Å². The molecular weight excluding hydrogens is 420 g/mol. The number of rotatable bonds is 6. The summed E-state index contributed by atoms with van der Waals surface area (Å²) in [6, 6.07) is 6.67. The molecule has 0 heterocycles. The van der Waals surface area contributed by atoms with Gasteiger partial charge in [0.15, 0.2) is 5.75 Å². The van der Waals surface area contributed by atoms with Gasteiger partial charge in [0.2, 0.25) is 11.5 Å². The fourth-order valence-electron chi connectivity index (χ4n) is 2.77. The van der Waals surface area contributed by atoms with Gasteiger partial charge in [-0.25, -0.2) is 0 Å². The molecule has 2 rings (SSSR count). The van der Waals surface area contributed by atoms with Crippen LogP contribution in [-0.4, -0.2) is 39.2 Å². The SMILES string of the molecule is COc1cc(C(=O)N(C)c2ccc(Br)cc2C)c([N+](=O)[O-])c(OC)c1OC. The molecule has 0 atom stereocenters. The van der Waals surface area contributed by atoms with Crippen molar-refractivity contribution in [1.82, 2.24) is 0 Å². The number of aryl methyl sites for hydroxylation is 1. The molecule has 144 valence electrons. The number of nitro benzene ring substituents is 1. The molecule has 2 aromatic rings. The Balaban J connectivity index is 2.68. The van der Waals surface area contributed by atoms with Crippen LogP contribution >= 0.6 is 15.9 Å². The standard InChI is InChI=1S/C18H19BrN2O6/c1-10-8-11(19)6-7-13(10)20(2)18(22)12-9-14(25-3)16(26-4)17(27-5)15(12)21(23)24/h6-9H,1-5H3. The zero-order chi connectivity index (χ0) is 20.3. The molecule has 0 spiro atoms. The molecule has 0 aliphatic heterocycles. The van der Waals surface area contributed by atoms with Crippen LogP contribution in [-0.2, 0) is 0 Å². The Labute approximate surface area is 164 Å². The monoisotopic (exact) mass is 438 g/mol. The molecule has 0 fully saturated rings. The van der Waals surface area contributed by atoms with E-state index in [4.69, 9.17) is 14.2 Å². The second-order valence-electron chi connectivity index (χ2n) is 5.59. The highest BCUT2D eigenvalue weighted by molar-refractivity contribution is 9.10. The third kappa shape index (κ3) is 3.82. The Kier molecular flexibility index (Phi) is 6.27. The van der Waals surface area contributed by atoms with Crippen molar-refractivity contribution in [3.05, 3.63) is 50.0 Å². The van der Waals surface area contributed by atoms with E-state index in [0.717, 1.165) is 10.0 Å². The number of amides is 1. The van der Waals surface area contributed by atoms with Gasteiger partial charge in [-0.05, 0) is 30.7 Å². The van der Waals surface area contributed by atoms with Crippen LogP contribution in [0.4, 0.5) is 11.4 Å². The van der Waals surface area contributed by atoms with Crippen LogP contribution in [0.5, 0.6) is 17.2 Å². The summed E-state index contributed by atoms with van der Waals surface area (Å²) in [5, 5.41) is 11.7. The zero-order valence-corrected chi connectivity index (χ0v) is 17.1. The van der Waals surface area contributed by atoms with Crippen molar-refractivity contribution >= 4 is 33.2 Å². The van der Waals surface area contributed by atoms with E-state index in [1.807, 2.05) is 13.0 Å². The molecule has 1 amide bonds. The quantitative estimate of drug-likeness (QED) is 0.500. The molecule has 0 radical (unpaired) electrons. The highest BCUT2D eigenvalue weighted by atomic mass is 79.9. The number of hydrogen-bond donors (Lipinski definition) is 0. The fourth-order valence-corrected chi connectivity index (χ4v) is 3.25. The second kappa shape index (κ2) is 8.26. The number of hydrogen-bond acceptors (Lipinski definition) is 6. The Bertz CT molecular complexity index is 900. The molecule has 9 heteroatoms. The number of halogens is 1. The first kappa shape index (κ1) is 20.5. The van der Waals surface area contributed by atoms with E-state index < -0.39 is 16.5 Å². The second-order valence-corrected chi connectivity index (χ2v) is 6.51. The molecular formula is C18H19BrN2O6. The van der Waals surface area contributed by atoms with Crippen molar-refractivity contribution in [2.75, 3.05) is 33.3 Å². The average molecular weight is 439 g/mol. The minimum absolute atomic E-state index is 0.0470. The van der Waals surface area contributed by atoms with Crippen LogP contribution in [0.2, 0.25) is 0 Å². The van der Waals surface area contributed by atoms with Crippen molar-refractivity contribution < 1.29 is 23.9 Å². The van der Waals surface area contributed by atoms with E-state index in [0.29, 0.717) is 5.69 Å². The van der Waals surface area contributed by atoms with E-state index in [1.54, 1.807) is 19.2 Å².